The summed E-state index contributed by atoms with van der Waals surface area (Å²) in [5.74, 6) is 0.0960. The molecule has 0 aliphatic carbocycles. The van der Waals surface area contributed by atoms with Gasteiger partial charge in [-0.1, -0.05) is 5.16 Å². The minimum atomic E-state index is -0.257. The number of amides is 1. The van der Waals surface area contributed by atoms with Crippen LogP contribution in [0, 0.1) is 0 Å². The number of hydrogen-bond donors (Lipinski definition) is 3. The van der Waals surface area contributed by atoms with Crippen LogP contribution in [0.1, 0.15) is 24.8 Å². The first-order valence-electron chi connectivity index (χ1n) is 6.58. The minimum absolute atomic E-state index is 0.0638. The summed E-state index contributed by atoms with van der Waals surface area (Å²) < 4.78 is 0. The summed E-state index contributed by atoms with van der Waals surface area (Å²) >= 11 is 0. The Hall–Kier alpha value is -2.08. The Morgan fingerprint density at radius 2 is 2.15 bits per heavy atom. The van der Waals surface area contributed by atoms with E-state index in [0.717, 1.165) is 11.3 Å². The van der Waals surface area contributed by atoms with Gasteiger partial charge in [0.15, 0.2) is 0 Å². The molecule has 6 nitrogen and oxygen atoms in total. The molecule has 0 spiro atoms. The van der Waals surface area contributed by atoms with Crippen LogP contribution < -0.4 is 5.32 Å². The van der Waals surface area contributed by atoms with Crippen LogP contribution in [-0.2, 0) is 9.63 Å². The lowest BCUT2D eigenvalue weighted by atomic mass is 10.0. The molecule has 20 heavy (non-hydrogen) atoms. The molecular formula is C14H18N2O4. The second-order valence-electron chi connectivity index (χ2n) is 4.65. The van der Waals surface area contributed by atoms with Gasteiger partial charge in [-0.2, -0.15) is 0 Å². The van der Waals surface area contributed by atoms with Gasteiger partial charge in [-0.25, -0.2) is 0 Å². The molecule has 1 aromatic rings. The van der Waals surface area contributed by atoms with Gasteiger partial charge in [0.25, 0.3) is 0 Å². The van der Waals surface area contributed by atoms with Gasteiger partial charge in [0.05, 0.1) is 12.1 Å². The molecule has 1 unspecified atom stereocenters. The molecule has 0 fully saturated rings. The van der Waals surface area contributed by atoms with Crippen LogP contribution in [0.4, 0.5) is 0 Å². The fourth-order valence-electron chi connectivity index (χ4n) is 1.95. The van der Waals surface area contributed by atoms with Crippen LogP contribution >= 0.6 is 0 Å². The van der Waals surface area contributed by atoms with Crippen molar-refractivity contribution in [2.24, 2.45) is 5.16 Å². The highest BCUT2D eigenvalue weighted by atomic mass is 16.6. The van der Waals surface area contributed by atoms with Crippen molar-refractivity contribution in [1.29, 1.82) is 0 Å². The van der Waals surface area contributed by atoms with Gasteiger partial charge >= 0.3 is 0 Å². The number of phenols is 1. The molecule has 0 saturated carbocycles. The topological polar surface area (TPSA) is 91.2 Å². The molecule has 0 bridgehead atoms. The van der Waals surface area contributed by atoms with Gasteiger partial charge < -0.3 is 20.4 Å². The Morgan fingerprint density at radius 1 is 1.40 bits per heavy atom. The highest BCUT2D eigenvalue weighted by molar-refractivity contribution is 6.01. The number of hydrogen-bond acceptors (Lipinski definition) is 5. The van der Waals surface area contributed by atoms with Crippen molar-refractivity contribution in [1.82, 2.24) is 5.32 Å². The molecule has 1 heterocycles. The van der Waals surface area contributed by atoms with E-state index < -0.39 is 0 Å². The Morgan fingerprint density at radius 3 is 2.85 bits per heavy atom. The van der Waals surface area contributed by atoms with Gasteiger partial charge in [0.2, 0.25) is 5.91 Å². The number of nitrogens with one attached hydrogen (secondary N) is 1. The number of benzene rings is 1. The van der Waals surface area contributed by atoms with E-state index in [2.05, 4.69) is 10.5 Å². The molecule has 1 aliphatic rings. The van der Waals surface area contributed by atoms with Gasteiger partial charge in [0.1, 0.15) is 11.9 Å². The normalized spacial score (nSPS) is 17.4. The van der Waals surface area contributed by atoms with Crippen LogP contribution in [0.15, 0.2) is 29.4 Å². The minimum Gasteiger partial charge on any atom is -0.508 e. The van der Waals surface area contributed by atoms with E-state index >= 15 is 0 Å². The zero-order valence-electron chi connectivity index (χ0n) is 11.1. The standard InChI is InChI=1S/C14H18N2O4/c17-7-1-6-15-14(19)9-12-8-13(16-20-12)10-2-4-11(18)5-3-10/h2-5,12,17-18H,1,6-9H2,(H,15,19). The molecule has 1 aliphatic heterocycles. The maximum Gasteiger partial charge on any atom is 0.223 e. The fourth-order valence-corrected chi connectivity index (χ4v) is 1.95. The summed E-state index contributed by atoms with van der Waals surface area (Å²) in [6, 6.07) is 6.71. The number of carbonyl (C=O) groups excluding carboxylic acids is 1. The SMILES string of the molecule is O=C(CC1CC(c2ccc(O)cc2)=NO1)NCCCO. The Labute approximate surface area is 117 Å². The van der Waals surface area contributed by atoms with E-state index in [9.17, 15) is 9.90 Å². The summed E-state index contributed by atoms with van der Waals surface area (Å²) in [5.41, 5.74) is 1.66. The van der Waals surface area contributed by atoms with Gasteiger partial charge in [-0.15, -0.1) is 0 Å². The maximum absolute atomic E-state index is 11.6. The average Bonchev–Trinajstić information content (AvgIpc) is 2.88. The second kappa shape index (κ2) is 6.91. The largest absolute Gasteiger partial charge is 0.508 e. The van der Waals surface area contributed by atoms with Crippen molar-refractivity contribution in [2.75, 3.05) is 13.2 Å². The molecule has 2 rings (SSSR count). The summed E-state index contributed by atoms with van der Waals surface area (Å²) in [7, 11) is 0. The number of nitrogens with zero attached hydrogens (tertiary/aromatic N) is 1. The van der Waals surface area contributed by atoms with Crippen LogP contribution in [0.5, 0.6) is 5.75 Å². The highest BCUT2D eigenvalue weighted by Crippen LogP contribution is 2.20. The molecule has 1 amide bonds. The molecule has 0 aromatic heterocycles. The Balaban J connectivity index is 1.79. The number of aliphatic hydroxyl groups is 1. The molecular weight excluding hydrogens is 260 g/mol. The average molecular weight is 278 g/mol. The van der Waals surface area contributed by atoms with Gasteiger partial charge in [-0.3, -0.25) is 4.79 Å². The smallest absolute Gasteiger partial charge is 0.223 e. The number of rotatable bonds is 6. The van der Waals surface area contributed by atoms with Crippen LogP contribution in [0.3, 0.4) is 0 Å². The van der Waals surface area contributed by atoms with Crippen LogP contribution in [0.2, 0.25) is 0 Å². The van der Waals surface area contributed by atoms with E-state index in [1.807, 2.05) is 0 Å². The predicted molar refractivity (Wildman–Crippen MR) is 73.5 cm³/mol. The van der Waals surface area contributed by atoms with Crippen molar-refractivity contribution in [3.05, 3.63) is 29.8 Å². The van der Waals surface area contributed by atoms with E-state index in [1.165, 1.54) is 0 Å². The van der Waals surface area contributed by atoms with E-state index in [4.69, 9.17) is 9.94 Å². The van der Waals surface area contributed by atoms with Gasteiger partial charge in [0, 0.05) is 19.6 Å². The lowest BCUT2D eigenvalue weighted by Gasteiger charge is -2.08. The summed E-state index contributed by atoms with van der Waals surface area (Å²) in [6.45, 7) is 0.530. The molecule has 108 valence electrons. The lowest BCUT2D eigenvalue weighted by molar-refractivity contribution is -0.123. The Kier molecular flexibility index (Phi) is 4.95. The highest BCUT2D eigenvalue weighted by Gasteiger charge is 2.24. The summed E-state index contributed by atoms with van der Waals surface area (Å²) in [6.07, 6.45) is 1.11. The van der Waals surface area contributed by atoms with Crippen molar-refractivity contribution in [2.45, 2.75) is 25.4 Å². The van der Waals surface area contributed by atoms with Crippen molar-refractivity contribution in [3.63, 3.8) is 0 Å². The second-order valence-corrected chi connectivity index (χ2v) is 4.65. The van der Waals surface area contributed by atoms with Crippen molar-refractivity contribution < 1.29 is 19.8 Å². The van der Waals surface area contributed by atoms with Crippen molar-refractivity contribution in [3.8, 4) is 5.75 Å². The van der Waals surface area contributed by atoms with E-state index in [0.29, 0.717) is 19.4 Å². The third-order valence-electron chi connectivity index (χ3n) is 3.00. The molecule has 3 N–H and O–H groups in total. The first kappa shape index (κ1) is 14.3. The molecule has 1 aromatic carbocycles. The lowest BCUT2D eigenvalue weighted by Crippen LogP contribution is -2.28. The monoisotopic (exact) mass is 278 g/mol. The molecule has 1 atom stereocenters. The third kappa shape index (κ3) is 3.96. The summed E-state index contributed by atoms with van der Waals surface area (Å²) in [4.78, 5) is 16.8. The van der Waals surface area contributed by atoms with Crippen LogP contribution in [0.25, 0.3) is 0 Å². The van der Waals surface area contributed by atoms with E-state index in [1.54, 1.807) is 24.3 Å². The molecule has 0 saturated heterocycles. The zero-order chi connectivity index (χ0) is 14.4. The zero-order valence-corrected chi connectivity index (χ0v) is 11.1. The maximum atomic E-state index is 11.6. The first-order chi connectivity index (χ1) is 9.69. The number of aliphatic hydroxyl groups excluding tert-OH is 1. The van der Waals surface area contributed by atoms with E-state index in [-0.39, 0.29) is 30.8 Å². The number of phenolic OH excluding ortho intramolecular Hbond substituents is 1. The molecule has 0 radical (unpaired) electrons. The van der Waals surface area contributed by atoms with Crippen LogP contribution in [-0.4, -0.2) is 41.1 Å². The summed E-state index contributed by atoms with van der Waals surface area (Å²) in [5, 5.41) is 24.6. The fraction of sp³-hybridized carbons (Fsp3) is 0.429. The molecule has 6 heteroatoms. The number of carbonyl (C=O) groups is 1. The quantitative estimate of drug-likeness (QED) is 0.670. The number of oxime groups is 1. The Bertz CT molecular complexity index is 484. The third-order valence-corrected chi connectivity index (χ3v) is 3.00. The van der Waals surface area contributed by atoms with Crippen molar-refractivity contribution >= 4 is 11.6 Å². The number of aromatic hydroxyl groups is 1. The first-order valence-corrected chi connectivity index (χ1v) is 6.58. The van der Waals surface area contributed by atoms with Gasteiger partial charge in [-0.05, 0) is 36.2 Å². The predicted octanol–water partition coefficient (Wildman–Crippen LogP) is 0.774.